The molecule has 0 saturated heterocycles. The fourth-order valence-corrected chi connectivity index (χ4v) is 7.58. The average molecular weight is 217 g/mol. The summed E-state index contributed by atoms with van der Waals surface area (Å²) < 4.78 is 5.50. The molecule has 0 rings (SSSR count). The normalized spacial score (nSPS) is 12.6. The highest BCUT2D eigenvalue weighted by atomic mass is 28.4. The largest absolute Gasteiger partial charge is 0.503 e. The van der Waals surface area contributed by atoms with E-state index in [0.29, 0.717) is 16.6 Å². The molecule has 84 valence electrons. The number of carbonyl (C=O) groups is 1. The van der Waals surface area contributed by atoms with Gasteiger partial charge in [-0.05, 0) is 16.6 Å². The quantitative estimate of drug-likeness (QED) is 0.735. The zero-order valence-corrected chi connectivity index (χ0v) is 11.1. The van der Waals surface area contributed by atoms with E-state index in [1.165, 1.54) is 0 Å². The van der Waals surface area contributed by atoms with E-state index in [4.69, 9.17) is 10.2 Å². The van der Waals surface area contributed by atoms with Crippen LogP contribution in [0, 0.1) is 0 Å². The lowest BCUT2D eigenvalue weighted by molar-refractivity contribution is 0.204. The van der Waals surface area contributed by atoms with Crippen LogP contribution in [0.2, 0.25) is 16.6 Å². The van der Waals surface area contributed by atoms with E-state index in [-0.39, 0.29) is 0 Å². The van der Waals surface area contributed by atoms with Crippen LogP contribution in [0.5, 0.6) is 0 Å². The molecule has 0 spiro atoms. The monoisotopic (exact) mass is 217 g/mol. The van der Waals surface area contributed by atoms with Crippen molar-refractivity contribution in [3.63, 3.8) is 0 Å². The molecule has 0 aliphatic carbocycles. The molecule has 4 heteroatoms. The Bertz CT molecular complexity index is 181. The fraction of sp³-hybridized carbons (Fsp3) is 0.900. The third-order valence-electron chi connectivity index (χ3n) is 2.98. The summed E-state index contributed by atoms with van der Waals surface area (Å²) in [5.74, 6) is 0. The molecule has 3 nitrogen and oxygen atoms in total. The zero-order valence-electron chi connectivity index (χ0n) is 10.1. The molecule has 0 atom stereocenters. The van der Waals surface area contributed by atoms with Crippen molar-refractivity contribution in [3.05, 3.63) is 0 Å². The summed E-state index contributed by atoms with van der Waals surface area (Å²) in [7, 11) is -2.07. The third-order valence-corrected chi connectivity index (χ3v) is 8.95. The summed E-state index contributed by atoms with van der Waals surface area (Å²) in [4.78, 5) is 11.0. The van der Waals surface area contributed by atoms with E-state index in [1.807, 2.05) is 0 Å². The second-order valence-electron chi connectivity index (χ2n) is 4.74. The van der Waals surface area contributed by atoms with Gasteiger partial charge in [0, 0.05) is 0 Å². The van der Waals surface area contributed by atoms with E-state index >= 15 is 0 Å². The Hall–Kier alpha value is -0.513. The van der Waals surface area contributed by atoms with Gasteiger partial charge in [0.1, 0.15) is 0 Å². The van der Waals surface area contributed by atoms with Crippen LogP contribution in [0.1, 0.15) is 41.5 Å². The summed E-state index contributed by atoms with van der Waals surface area (Å²) in [5, 5.41) is 0. The average Bonchev–Trinajstić information content (AvgIpc) is 1.97. The Kier molecular flexibility index (Phi) is 4.64. The molecule has 0 heterocycles. The van der Waals surface area contributed by atoms with E-state index in [2.05, 4.69) is 41.5 Å². The minimum atomic E-state index is -2.07. The third kappa shape index (κ3) is 2.50. The maximum Gasteiger partial charge on any atom is 0.390 e. The number of carbonyl (C=O) groups excluding carboxylic acids is 1. The van der Waals surface area contributed by atoms with Gasteiger partial charge >= 0.3 is 6.09 Å². The first kappa shape index (κ1) is 13.5. The summed E-state index contributed by atoms with van der Waals surface area (Å²) in [6, 6.07) is 0. The number of amides is 1. The molecule has 0 saturated carbocycles. The number of hydrogen-bond donors (Lipinski definition) is 1. The molecule has 1 amide bonds. The summed E-state index contributed by atoms with van der Waals surface area (Å²) in [6.07, 6.45) is -0.618. The van der Waals surface area contributed by atoms with Gasteiger partial charge in [-0.25, -0.2) is 4.79 Å². The van der Waals surface area contributed by atoms with Crippen LogP contribution in [0.15, 0.2) is 0 Å². The van der Waals surface area contributed by atoms with Crippen LogP contribution >= 0.6 is 0 Å². The highest BCUT2D eigenvalue weighted by Crippen LogP contribution is 2.41. The molecule has 0 aliphatic rings. The first-order valence-corrected chi connectivity index (χ1v) is 7.37. The van der Waals surface area contributed by atoms with Gasteiger partial charge < -0.3 is 10.2 Å². The van der Waals surface area contributed by atoms with Gasteiger partial charge in [-0.3, -0.25) is 0 Å². The maximum atomic E-state index is 11.0. The van der Waals surface area contributed by atoms with Gasteiger partial charge in [0.25, 0.3) is 8.32 Å². The molecular formula is C10H23NO2Si. The van der Waals surface area contributed by atoms with Crippen LogP contribution in [0.3, 0.4) is 0 Å². The SMILES string of the molecule is CC(C)[Si](OC(N)=O)(C(C)C)C(C)C. The van der Waals surface area contributed by atoms with Crippen molar-refractivity contribution < 1.29 is 9.22 Å². The molecule has 0 unspecified atom stereocenters. The van der Waals surface area contributed by atoms with E-state index in [0.717, 1.165) is 0 Å². The second kappa shape index (κ2) is 4.82. The van der Waals surface area contributed by atoms with Crippen LogP contribution in [-0.4, -0.2) is 14.4 Å². The second-order valence-corrected chi connectivity index (χ2v) is 10.1. The standard InChI is InChI=1S/C10H23NO2Si/c1-7(2)14(8(3)4,9(5)6)13-10(11)12/h7-9H,1-6H3,(H2,11,12). The van der Waals surface area contributed by atoms with Crippen LogP contribution in [0.25, 0.3) is 0 Å². The first-order valence-electron chi connectivity index (χ1n) is 5.23. The highest BCUT2D eigenvalue weighted by molar-refractivity contribution is 6.78. The predicted molar refractivity (Wildman–Crippen MR) is 61.7 cm³/mol. The Labute approximate surface area is 88.1 Å². The zero-order chi connectivity index (χ0) is 11.5. The molecule has 0 aromatic heterocycles. The molecule has 0 aliphatic heterocycles. The van der Waals surface area contributed by atoms with Gasteiger partial charge in [0.15, 0.2) is 0 Å². The van der Waals surface area contributed by atoms with Crippen molar-refractivity contribution in [3.8, 4) is 0 Å². The van der Waals surface area contributed by atoms with Gasteiger partial charge in [0.05, 0.1) is 0 Å². The van der Waals surface area contributed by atoms with Gasteiger partial charge in [-0.2, -0.15) is 0 Å². The van der Waals surface area contributed by atoms with Crippen molar-refractivity contribution in [1.29, 1.82) is 0 Å². The molecule has 0 bridgehead atoms. The molecule has 14 heavy (non-hydrogen) atoms. The van der Waals surface area contributed by atoms with Crippen LogP contribution < -0.4 is 5.73 Å². The Morgan fingerprint density at radius 1 is 1.00 bits per heavy atom. The summed E-state index contributed by atoms with van der Waals surface area (Å²) in [5.41, 5.74) is 6.36. The Morgan fingerprint density at radius 2 is 1.29 bits per heavy atom. The van der Waals surface area contributed by atoms with Crippen molar-refractivity contribution in [2.24, 2.45) is 5.73 Å². The summed E-state index contributed by atoms with van der Waals surface area (Å²) in [6.45, 7) is 12.7. The van der Waals surface area contributed by atoms with E-state index < -0.39 is 14.4 Å². The maximum absolute atomic E-state index is 11.0. The molecule has 0 aromatic rings. The van der Waals surface area contributed by atoms with Crippen molar-refractivity contribution in [2.45, 2.75) is 58.2 Å². The number of rotatable bonds is 4. The predicted octanol–water partition coefficient (Wildman–Crippen LogP) is 3.26. The molecular weight excluding hydrogens is 194 g/mol. The topological polar surface area (TPSA) is 52.3 Å². The molecule has 0 fully saturated rings. The number of primary amides is 1. The van der Waals surface area contributed by atoms with E-state index in [1.54, 1.807) is 0 Å². The number of nitrogens with two attached hydrogens (primary N) is 1. The molecule has 2 N–H and O–H groups in total. The smallest absolute Gasteiger partial charge is 0.390 e. The lowest BCUT2D eigenvalue weighted by atomic mass is 10.5. The van der Waals surface area contributed by atoms with Gasteiger partial charge in [-0.1, -0.05) is 41.5 Å². The summed E-state index contributed by atoms with van der Waals surface area (Å²) >= 11 is 0. The minimum Gasteiger partial charge on any atom is -0.503 e. The van der Waals surface area contributed by atoms with Crippen LogP contribution in [0.4, 0.5) is 4.79 Å². The lowest BCUT2D eigenvalue weighted by Crippen LogP contribution is -2.50. The van der Waals surface area contributed by atoms with Crippen molar-refractivity contribution in [2.75, 3.05) is 0 Å². The van der Waals surface area contributed by atoms with Crippen molar-refractivity contribution in [1.82, 2.24) is 0 Å². The molecule has 0 radical (unpaired) electrons. The van der Waals surface area contributed by atoms with Gasteiger partial charge in [0.2, 0.25) is 0 Å². The minimum absolute atomic E-state index is 0.398. The highest BCUT2D eigenvalue weighted by Gasteiger charge is 2.47. The lowest BCUT2D eigenvalue weighted by Gasteiger charge is -2.40. The number of hydrogen-bond acceptors (Lipinski definition) is 2. The van der Waals surface area contributed by atoms with Crippen LogP contribution in [-0.2, 0) is 4.43 Å². The Balaban J connectivity index is 5.05. The van der Waals surface area contributed by atoms with Gasteiger partial charge in [-0.15, -0.1) is 0 Å². The molecule has 0 aromatic carbocycles. The fourth-order valence-electron chi connectivity index (χ4n) is 2.53. The van der Waals surface area contributed by atoms with E-state index in [9.17, 15) is 4.79 Å². The Morgan fingerprint density at radius 3 is 1.36 bits per heavy atom. The first-order chi connectivity index (χ1) is 6.25. The van der Waals surface area contributed by atoms with Crippen molar-refractivity contribution >= 4 is 14.4 Å².